The summed E-state index contributed by atoms with van der Waals surface area (Å²) >= 11 is 18.8. The van der Waals surface area contributed by atoms with E-state index in [0.717, 1.165) is 123 Å². The number of H-pyrrole nitrogens is 3. The molecule has 1 aliphatic carbocycles. The third-order valence-electron chi connectivity index (χ3n) is 21.1. The molecule has 656 valence electrons. The summed E-state index contributed by atoms with van der Waals surface area (Å²) in [4.78, 5) is 49.1. The maximum Gasteiger partial charge on any atom is 0.281 e. The van der Waals surface area contributed by atoms with Gasteiger partial charge in [0.15, 0.2) is 0 Å². The third-order valence-corrected chi connectivity index (χ3v) is 26.9. The molecule has 1 aliphatic rings. The number of fused-ring (bicyclic) bond motifs is 3. The highest BCUT2D eigenvalue weighted by atomic mass is 35.5. The molecule has 14 rings (SSSR count). The van der Waals surface area contributed by atoms with Crippen molar-refractivity contribution < 1.29 is 72.8 Å². The average molecular weight is 1810 g/mol. The van der Waals surface area contributed by atoms with Crippen LogP contribution in [0.4, 0.5) is 0 Å². The smallest absolute Gasteiger partial charge is 0.281 e. The lowest BCUT2D eigenvalue weighted by molar-refractivity contribution is 0.0967. The van der Waals surface area contributed by atoms with Crippen molar-refractivity contribution in [1.29, 1.82) is 0 Å². The Morgan fingerprint density at radius 3 is 1.14 bits per heavy atom. The summed E-state index contributed by atoms with van der Waals surface area (Å²) < 4.78 is 125. The van der Waals surface area contributed by atoms with Crippen molar-refractivity contribution in [3.05, 3.63) is 288 Å². The van der Waals surface area contributed by atoms with Gasteiger partial charge >= 0.3 is 0 Å². The largest absolute Gasteiger partial charge is 0.497 e. The van der Waals surface area contributed by atoms with Crippen molar-refractivity contribution >= 4 is 115 Å². The average Bonchev–Trinajstić information content (AvgIpc) is 1.65. The zero-order valence-corrected chi connectivity index (χ0v) is 75.5. The number of halogens is 3. The molecule has 13 aromatic rings. The first-order valence-corrected chi connectivity index (χ1v) is 47.1. The highest BCUT2D eigenvalue weighted by molar-refractivity contribution is 7.90. The summed E-state index contributed by atoms with van der Waals surface area (Å²) in [5.74, 6) is 3.22. The molecular weight excluding hydrogens is 1710 g/mol. The minimum Gasteiger partial charge on any atom is -0.497 e. The third kappa shape index (κ3) is 25.0. The van der Waals surface area contributed by atoms with Crippen LogP contribution in [0.2, 0.25) is 15.1 Å². The Balaban J connectivity index is 0.000000171. The molecule has 125 heavy (non-hydrogen) atoms. The van der Waals surface area contributed by atoms with Crippen LogP contribution in [-0.2, 0) is 49.3 Å². The van der Waals surface area contributed by atoms with Crippen LogP contribution >= 0.6 is 34.8 Å². The minimum atomic E-state index is -4.22. The van der Waals surface area contributed by atoms with Crippen LogP contribution in [0.25, 0.3) is 32.7 Å². The van der Waals surface area contributed by atoms with Crippen LogP contribution in [0.3, 0.4) is 0 Å². The van der Waals surface area contributed by atoms with E-state index in [0.29, 0.717) is 123 Å². The van der Waals surface area contributed by atoms with Crippen LogP contribution < -0.4 is 52.6 Å². The van der Waals surface area contributed by atoms with E-state index in [9.17, 15) is 39.6 Å². The molecule has 0 saturated heterocycles. The first-order valence-electron chi connectivity index (χ1n) is 41.3. The van der Waals surface area contributed by atoms with E-state index < -0.39 is 47.8 Å². The first kappa shape index (κ1) is 92.7. The predicted molar refractivity (Wildman–Crippen MR) is 493 cm³/mol. The maximum atomic E-state index is 13.4. The van der Waals surface area contributed by atoms with E-state index in [1.165, 1.54) is 55.7 Å². The normalized spacial score (nSPS) is 12.3. The summed E-state index contributed by atoms with van der Waals surface area (Å²) in [6, 6.07) is 60.3. The van der Waals surface area contributed by atoms with Gasteiger partial charge in [0.25, 0.3) is 37.8 Å². The molecule has 0 unspecified atom stereocenters. The van der Waals surface area contributed by atoms with E-state index in [-0.39, 0.29) is 32.6 Å². The number of hydrogen-bond donors (Lipinski definition) is 7. The Morgan fingerprint density at radius 1 is 0.384 bits per heavy atom. The SMILES string of the molecule is CCOc1ccc(Oc2ccc(S(=O)(=O)NC(=O)c3[nH]c4ccccc4c3CCCOc3cc(C)c(Cl)c(C)c3)cc2)cc1.COc1ccc(Oc2cccc(S(=O)(=O)NC(=O)c3[nH]c4ccccc4c3CCCOc3cc(C)c(Cl)c(C)c3)c2)cc1.Cc1cc(OCCCc2c(C(=O)NS(=O)(=O)CCCNC3CCCCC3)[nH]c3ccccc23)cc(C)c1Cl. The van der Waals surface area contributed by atoms with E-state index in [4.69, 9.17) is 68.0 Å². The number of methoxy groups -OCH3 is 1. The summed E-state index contributed by atoms with van der Waals surface area (Å²) in [7, 11) is -10.6. The molecule has 0 spiro atoms. The number of ether oxygens (including phenoxy) is 7. The van der Waals surface area contributed by atoms with Gasteiger partial charge in [-0.3, -0.25) is 14.4 Å². The second-order valence-electron chi connectivity index (χ2n) is 30.5. The molecule has 10 aromatic carbocycles. The van der Waals surface area contributed by atoms with Crippen molar-refractivity contribution in [2.45, 2.75) is 141 Å². The molecule has 0 aliphatic heterocycles. The fraction of sp³-hybridized carbons (Fsp3) is 0.281. The molecule has 7 N–H and O–H groups in total. The van der Waals surface area contributed by atoms with Crippen LogP contribution in [0.5, 0.6) is 51.7 Å². The van der Waals surface area contributed by atoms with Crippen LogP contribution in [0.1, 0.15) is 146 Å². The topological polar surface area (TPSA) is 314 Å². The van der Waals surface area contributed by atoms with Gasteiger partial charge in [0.05, 0.1) is 49.1 Å². The van der Waals surface area contributed by atoms with Gasteiger partial charge in [0, 0.05) is 59.9 Å². The molecule has 0 atom stereocenters. The Hall–Kier alpha value is -11.5. The van der Waals surface area contributed by atoms with E-state index in [2.05, 4.69) is 34.4 Å². The molecule has 3 heterocycles. The number of carbonyl (C=O) groups excluding carboxylic acids is 3. The number of carbonyl (C=O) groups is 3. The quantitative estimate of drug-likeness (QED) is 0.0182. The Morgan fingerprint density at radius 2 is 0.744 bits per heavy atom. The maximum absolute atomic E-state index is 13.4. The number of sulfonamides is 3. The number of amides is 3. The highest BCUT2D eigenvalue weighted by Crippen LogP contribution is 2.35. The Kier molecular flexibility index (Phi) is 31.8. The lowest BCUT2D eigenvalue weighted by Gasteiger charge is -2.22. The number of nitrogens with one attached hydrogen (secondary N) is 7. The number of aryl methyl sites for hydroxylation is 9. The standard InChI is InChI=1S/C34H33ClN2O6S.C33H31ClN2O6S.C29H38ClN3O4S/c1-4-41-24-11-13-25(14-12-24)43-26-15-17-28(18-16-26)44(39,40)37-34(38)33-30(29-8-5-6-10-31(29)36-33)9-7-19-42-27-20-22(2)32(35)23(3)21-27;1-21-18-26(19-22(2)31(21)34)41-17-7-11-29-28-10-4-5-12-30(28)35-32(29)33(37)36-43(38,39)27-9-6-8-25(20-27)42-24-15-13-23(40-3)14-16-24;1-20-18-23(19-21(2)27(20)30)37-16-8-13-25-24-12-6-7-14-26(24)32-28(25)29(34)33-38(35,36)17-9-15-31-22-10-4-3-5-11-22/h5-6,8,10-18,20-21,36H,4,7,9,19H2,1-3H3,(H,37,38);4-6,8-10,12-16,18-20,35H,7,11,17H2,1-3H3,(H,36,37);6-7,12,14,18-19,22,31-32H,3-5,8-11,13,15-17H2,1-2H3,(H,33,34). The Labute approximate surface area is 744 Å². The molecule has 3 aromatic heterocycles. The molecule has 3 amide bonds. The predicted octanol–water partition coefficient (Wildman–Crippen LogP) is 21.0. The molecular formula is C96H102Cl3N7O16S3. The summed E-state index contributed by atoms with van der Waals surface area (Å²) in [6.07, 6.45) is 9.89. The summed E-state index contributed by atoms with van der Waals surface area (Å²) in [6.45, 7) is 16.0. The van der Waals surface area contributed by atoms with Crippen LogP contribution in [0.15, 0.2) is 216 Å². The Bertz CT molecular complexity index is 6270. The van der Waals surface area contributed by atoms with Crippen molar-refractivity contribution in [2.75, 3.05) is 45.8 Å². The van der Waals surface area contributed by atoms with Gasteiger partial charge in [-0.15, -0.1) is 0 Å². The molecule has 29 heteroatoms. The molecule has 1 saturated carbocycles. The highest BCUT2D eigenvalue weighted by Gasteiger charge is 2.28. The summed E-state index contributed by atoms with van der Waals surface area (Å²) in [5.41, 5.74) is 10.8. The van der Waals surface area contributed by atoms with E-state index in [1.807, 2.05) is 158 Å². The van der Waals surface area contributed by atoms with E-state index in [1.54, 1.807) is 67.8 Å². The van der Waals surface area contributed by atoms with Crippen molar-refractivity contribution in [1.82, 2.24) is 34.4 Å². The fourth-order valence-electron chi connectivity index (χ4n) is 14.9. The molecule has 0 radical (unpaired) electrons. The first-order chi connectivity index (χ1) is 60.0. The van der Waals surface area contributed by atoms with Gasteiger partial charge in [0.1, 0.15) is 68.8 Å². The van der Waals surface area contributed by atoms with Crippen LogP contribution in [0, 0.1) is 41.5 Å². The van der Waals surface area contributed by atoms with Crippen molar-refractivity contribution in [2.24, 2.45) is 0 Å². The van der Waals surface area contributed by atoms with E-state index >= 15 is 0 Å². The second-order valence-corrected chi connectivity index (χ2v) is 36.9. The minimum absolute atomic E-state index is 0.0653. The van der Waals surface area contributed by atoms with Gasteiger partial charge in [-0.1, -0.05) is 115 Å². The second kappa shape index (κ2) is 42.9. The number of aromatic nitrogens is 3. The van der Waals surface area contributed by atoms with Gasteiger partial charge < -0.3 is 53.4 Å². The number of rotatable bonds is 35. The number of para-hydroxylation sites is 3. The van der Waals surface area contributed by atoms with Crippen molar-refractivity contribution in [3.8, 4) is 51.7 Å². The number of hydrogen-bond acceptors (Lipinski definition) is 17. The molecule has 23 nitrogen and oxygen atoms in total. The van der Waals surface area contributed by atoms with Gasteiger partial charge in [0.2, 0.25) is 10.0 Å². The van der Waals surface area contributed by atoms with Gasteiger partial charge in [-0.25, -0.2) is 39.4 Å². The molecule has 0 bridgehead atoms. The molecule has 1 fully saturated rings. The number of benzene rings is 10. The number of aromatic amines is 3. The van der Waals surface area contributed by atoms with Gasteiger partial charge in [-0.05, 0) is 302 Å². The zero-order valence-electron chi connectivity index (χ0n) is 70.8. The fourth-order valence-corrected chi connectivity index (χ4v) is 18.2. The van der Waals surface area contributed by atoms with Crippen molar-refractivity contribution in [3.63, 3.8) is 0 Å². The lowest BCUT2D eigenvalue weighted by Crippen LogP contribution is -2.36. The monoisotopic (exact) mass is 1810 g/mol. The zero-order chi connectivity index (χ0) is 89.0. The van der Waals surface area contributed by atoms with Gasteiger partial charge in [-0.2, -0.15) is 0 Å². The van der Waals surface area contributed by atoms with Crippen LogP contribution in [-0.4, -0.2) is 110 Å². The lowest BCUT2D eigenvalue weighted by atomic mass is 9.95. The summed E-state index contributed by atoms with van der Waals surface area (Å²) in [5, 5.41) is 8.23.